The highest BCUT2D eigenvalue weighted by Gasteiger charge is 2.42. The number of hydrazine groups is 1. The molecule has 26 heavy (non-hydrogen) atoms. The summed E-state index contributed by atoms with van der Waals surface area (Å²) in [5, 5.41) is 2.82. The van der Waals surface area contributed by atoms with E-state index in [2.05, 4.69) is 24.3 Å². The van der Waals surface area contributed by atoms with E-state index < -0.39 is 0 Å². The number of hydrogen-bond acceptors (Lipinski definition) is 2. The van der Waals surface area contributed by atoms with E-state index in [-0.39, 0.29) is 0 Å². The third-order valence-corrected chi connectivity index (χ3v) is 7.19. The highest BCUT2D eigenvalue weighted by atomic mass is 15.5. The average Bonchev–Trinajstić information content (AvgIpc) is 2.60. The fourth-order valence-electron chi connectivity index (χ4n) is 5.62. The van der Waals surface area contributed by atoms with Gasteiger partial charge in [0.2, 0.25) is 0 Å². The molecule has 1 saturated heterocycles. The molecule has 0 amide bonds. The molecule has 2 unspecified atom stereocenters. The molecular formula is C24H48N2. The van der Waals surface area contributed by atoms with Crippen LogP contribution < -0.4 is 5.43 Å². The molecule has 2 aliphatic rings. The molecule has 0 radical (unpaired) electrons. The van der Waals surface area contributed by atoms with Crippen LogP contribution in [0.25, 0.3) is 0 Å². The number of unbranched alkanes of at least 4 members (excludes halogenated alkanes) is 4. The predicted octanol–water partition coefficient (Wildman–Crippen LogP) is 7.24. The van der Waals surface area contributed by atoms with Gasteiger partial charge in [0, 0.05) is 18.6 Å². The minimum atomic E-state index is 0.445. The van der Waals surface area contributed by atoms with Gasteiger partial charge in [-0.1, -0.05) is 90.9 Å². The van der Waals surface area contributed by atoms with Gasteiger partial charge in [0.1, 0.15) is 0 Å². The second-order valence-electron chi connectivity index (χ2n) is 9.18. The Morgan fingerprint density at radius 3 is 2.38 bits per heavy atom. The van der Waals surface area contributed by atoms with Gasteiger partial charge in [-0.15, -0.1) is 0 Å². The maximum Gasteiger partial charge on any atom is 0.0382 e. The van der Waals surface area contributed by atoms with E-state index in [1.807, 2.05) is 0 Å². The first-order chi connectivity index (χ1) is 12.8. The number of nitrogens with one attached hydrogen (secondary N) is 1. The summed E-state index contributed by atoms with van der Waals surface area (Å²) in [5.41, 5.74) is 4.41. The fourth-order valence-corrected chi connectivity index (χ4v) is 5.62. The summed E-state index contributed by atoms with van der Waals surface area (Å²) in [6.07, 6.45) is 25.7. The van der Waals surface area contributed by atoms with E-state index in [1.165, 1.54) is 129 Å². The average molecular weight is 365 g/mol. The first kappa shape index (κ1) is 22.2. The number of rotatable bonds is 9. The maximum atomic E-state index is 3.96. The van der Waals surface area contributed by atoms with Crippen LogP contribution >= 0.6 is 0 Å². The molecule has 1 heterocycles. The van der Waals surface area contributed by atoms with Crippen LogP contribution in [0.5, 0.6) is 0 Å². The molecule has 0 bridgehead atoms. The maximum absolute atomic E-state index is 3.96. The van der Waals surface area contributed by atoms with Crippen LogP contribution in [0.2, 0.25) is 0 Å². The molecule has 0 aromatic heterocycles. The lowest BCUT2D eigenvalue weighted by Crippen LogP contribution is -2.60. The Hall–Kier alpha value is -0.0800. The molecule has 1 N–H and O–H groups in total. The van der Waals surface area contributed by atoms with Crippen molar-refractivity contribution in [3.8, 4) is 0 Å². The van der Waals surface area contributed by atoms with Gasteiger partial charge in [-0.3, -0.25) is 5.43 Å². The standard InChI is InChI=1S/C24H48N2/c1-3-5-11-17-23-18-12-7-8-14-20-24(23,19-13-6-4-2)26-22-16-10-9-15-21-25-26/h23,25H,3-22H2,1-2H3. The minimum absolute atomic E-state index is 0.445. The highest BCUT2D eigenvalue weighted by molar-refractivity contribution is 4.96. The third-order valence-electron chi connectivity index (χ3n) is 7.19. The van der Waals surface area contributed by atoms with E-state index in [9.17, 15) is 0 Å². The second-order valence-corrected chi connectivity index (χ2v) is 9.18. The third kappa shape index (κ3) is 6.82. The van der Waals surface area contributed by atoms with Crippen LogP contribution in [-0.2, 0) is 0 Å². The van der Waals surface area contributed by atoms with Crippen LogP contribution in [0.1, 0.15) is 129 Å². The van der Waals surface area contributed by atoms with Gasteiger partial charge in [-0.25, -0.2) is 5.01 Å². The summed E-state index contributed by atoms with van der Waals surface area (Å²) in [6, 6.07) is 0. The van der Waals surface area contributed by atoms with E-state index in [0.717, 1.165) is 5.92 Å². The van der Waals surface area contributed by atoms with Gasteiger partial charge in [0.15, 0.2) is 0 Å². The molecule has 1 aliphatic heterocycles. The van der Waals surface area contributed by atoms with Gasteiger partial charge in [0.05, 0.1) is 0 Å². The molecule has 2 atom stereocenters. The Balaban J connectivity index is 2.19. The lowest BCUT2D eigenvalue weighted by atomic mass is 9.69. The van der Waals surface area contributed by atoms with Crippen LogP contribution in [0.3, 0.4) is 0 Å². The van der Waals surface area contributed by atoms with Crippen molar-refractivity contribution < 1.29 is 0 Å². The van der Waals surface area contributed by atoms with Gasteiger partial charge < -0.3 is 0 Å². The molecular weight excluding hydrogens is 316 g/mol. The second kappa shape index (κ2) is 13.2. The van der Waals surface area contributed by atoms with E-state index in [0.29, 0.717) is 5.54 Å². The Kier molecular flexibility index (Phi) is 11.2. The molecule has 2 fully saturated rings. The molecule has 1 aliphatic carbocycles. The van der Waals surface area contributed by atoms with Gasteiger partial charge in [-0.05, 0) is 44.4 Å². The van der Waals surface area contributed by atoms with Crippen molar-refractivity contribution in [3.05, 3.63) is 0 Å². The van der Waals surface area contributed by atoms with Crippen molar-refractivity contribution in [1.82, 2.24) is 10.4 Å². The summed E-state index contributed by atoms with van der Waals surface area (Å²) < 4.78 is 0. The molecule has 2 nitrogen and oxygen atoms in total. The topological polar surface area (TPSA) is 15.3 Å². The van der Waals surface area contributed by atoms with Crippen molar-refractivity contribution in [2.24, 2.45) is 5.92 Å². The molecule has 1 saturated carbocycles. The quantitative estimate of drug-likeness (QED) is 0.434. The summed E-state index contributed by atoms with van der Waals surface area (Å²) in [5.74, 6) is 0.915. The van der Waals surface area contributed by atoms with Crippen molar-refractivity contribution in [1.29, 1.82) is 0 Å². The Morgan fingerprint density at radius 1 is 0.808 bits per heavy atom. The summed E-state index contributed by atoms with van der Waals surface area (Å²) in [7, 11) is 0. The molecule has 2 heteroatoms. The Labute approximate surface area is 164 Å². The van der Waals surface area contributed by atoms with Gasteiger partial charge >= 0.3 is 0 Å². The molecule has 2 rings (SSSR count). The zero-order valence-electron chi connectivity index (χ0n) is 18.2. The Bertz CT molecular complexity index is 335. The SMILES string of the molecule is CCCCCC1CCCCCCC1(CCCCC)N1CCCCCCN1. The molecule has 0 aromatic carbocycles. The zero-order chi connectivity index (χ0) is 18.5. The summed E-state index contributed by atoms with van der Waals surface area (Å²) in [6.45, 7) is 7.21. The van der Waals surface area contributed by atoms with Crippen LogP contribution in [0.4, 0.5) is 0 Å². The predicted molar refractivity (Wildman–Crippen MR) is 115 cm³/mol. The number of nitrogens with zero attached hydrogens (tertiary/aromatic N) is 1. The van der Waals surface area contributed by atoms with Crippen LogP contribution in [0.15, 0.2) is 0 Å². The van der Waals surface area contributed by atoms with E-state index in [1.54, 1.807) is 0 Å². The summed E-state index contributed by atoms with van der Waals surface area (Å²) >= 11 is 0. The lowest BCUT2D eigenvalue weighted by molar-refractivity contribution is -0.0439. The van der Waals surface area contributed by atoms with Crippen molar-refractivity contribution >= 4 is 0 Å². The summed E-state index contributed by atoms with van der Waals surface area (Å²) in [4.78, 5) is 0. The zero-order valence-corrected chi connectivity index (χ0v) is 18.2. The van der Waals surface area contributed by atoms with Crippen molar-refractivity contribution in [2.45, 2.75) is 135 Å². The van der Waals surface area contributed by atoms with Crippen molar-refractivity contribution in [3.63, 3.8) is 0 Å². The molecule has 154 valence electrons. The Morgan fingerprint density at radius 2 is 1.54 bits per heavy atom. The van der Waals surface area contributed by atoms with Crippen LogP contribution in [-0.4, -0.2) is 23.6 Å². The normalized spacial score (nSPS) is 29.5. The van der Waals surface area contributed by atoms with E-state index >= 15 is 0 Å². The highest BCUT2D eigenvalue weighted by Crippen LogP contribution is 2.42. The minimum Gasteiger partial charge on any atom is -0.255 e. The van der Waals surface area contributed by atoms with E-state index in [4.69, 9.17) is 0 Å². The fraction of sp³-hybridized carbons (Fsp3) is 1.00. The van der Waals surface area contributed by atoms with Gasteiger partial charge in [0.25, 0.3) is 0 Å². The first-order valence-corrected chi connectivity index (χ1v) is 12.3. The largest absolute Gasteiger partial charge is 0.255 e. The number of hydrogen-bond donors (Lipinski definition) is 1. The monoisotopic (exact) mass is 364 g/mol. The lowest BCUT2D eigenvalue weighted by Gasteiger charge is -2.51. The smallest absolute Gasteiger partial charge is 0.0382 e. The molecule has 0 spiro atoms. The molecule has 0 aromatic rings. The van der Waals surface area contributed by atoms with Crippen molar-refractivity contribution in [2.75, 3.05) is 13.1 Å². The first-order valence-electron chi connectivity index (χ1n) is 12.3. The van der Waals surface area contributed by atoms with Gasteiger partial charge in [-0.2, -0.15) is 0 Å². The van der Waals surface area contributed by atoms with Crippen LogP contribution in [0, 0.1) is 5.92 Å².